The second-order valence-corrected chi connectivity index (χ2v) is 8.74. The first-order valence-corrected chi connectivity index (χ1v) is 11.1. The van der Waals surface area contributed by atoms with Crippen LogP contribution in [0.25, 0.3) is 11.1 Å². The Balaban J connectivity index is 1.52. The van der Waals surface area contributed by atoms with Crippen molar-refractivity contribution in [3.63, 3.8) is 0 Å². The van der Waals surface area contributed by atoms with E-state index in [2.05, 4.69) is 5.32 Å². The maximum Gasteiger partial charge on any atom is 0.259 e. The van der Waals surface area contributed by atoms with Crippen LogP contribution in [-0.4, -0.2) is 59.3 Å². The fraction of sp³-hybridized carbons (Fsp3) is 0.400. The number of carbonyl (C=O) groups excluding carboxylic acids is 3. The molecule has 2 amide bonds. The van der Waals surface area contributed by atoms with Gasteiger partial charge in [-0.15, -0.1) is 0 Å². The molecule has 4 rings (SSSR count). The number of carbonyl (C=O) groups is 3. The average Bonchev–Trinajstić information content (AvgIpc) is 3.75. The van der Waals surface area contributed by atoms with Crippen LogP contribution in [0, 0.1) is 11.3 Å². The molecule has 0 aliphatic heterocycles. The van der Waals surface area contributed by atoms with Crippen molar-refractivity contribution in [2.24, 2.45) is 11.3 Å². The van der Waals surface area contributed by atoms with Crippen molar-refractivity contribution >= 4 is 17.6 Å². The second kappa shape index (κ2) is 9.33. The minimum Gasteiger partial charge on any atom is -0.491 e. The summed E-state index contributed by atoms with van der Waals surface area (Å²) in [7, 11) is 1.18. The molecule has 0 aromatic heterocycles. The van der Waals surface area contributed by atoms with Crippen LogP contribution in [0.1, 0.15) is 36.0 Å². The number of nitrogens with one attached hydrogen (secondary N) is 1. The summed E-state index contributed by atoms with van der Waals surface area (Å²) in [6, 6.07) is 14.5. The SMILES string of the molecule is CN(O)C(=O)C(C(=O)NC1CC1)C1(C(=O)c2ccc(-c3ccc(OCCO)cc3)cc2)CC1. The number of benzene rings is 2. The lowest BCUT2D eigenvalue weighted by Crippen LogP contribution is -2.48. The maximum absolute atomic E-state index is 13.4. The monoisotopic (exact) mass is 452 g/mol. The number of aliphatic hydroxyl groups is 1. The predicted octanol–water partition coefficient (Wildman–Crippen LogP) is 2.43. The molecule has 174 valence electrons. The zero-order valence-electron chi connectivity index (χ0n) is 18.5. The third-order valence-corrected chi connectivity index (χ3v) is 6.24. The molecule has 0 radical (unpaired) electrons. The zero-order chi connectivity index (χ0) is 23.6. The van der Waals surface area contributed by atoms with E-state index in [0.717, 1.165) is 24.0 Å². The summed E-state index contributed by atoms with van der Waals surface area (Å²) < 4.78 is 5.37. The summed E-state index contributed by atoms with van der Waals surface area (Å²) >= 11 is 0. The number of ether oxygens (including phenoxy) is 1. The Morgan fingerprint density at radius 2 is 1.64 bits per heavy atom. The van der Waals surface area contributed by atoms with Gasteiger partial charge in [0, 0.05) is 18.7 Å². The fourth-order valence-electron chi connectivity index (χ4n) is 4.09. The molecule has 2 aromatic rings. The molecule has 1 unspecified atom stereocenters. The lowest BCUT2D eigenvalue weighted by atomic mass is 9.80. The van der Waals surface area contributed by atoms with E-state index in [1.54, 1.807) is 12.1 Å². The number of rotatable bonds is 10. The van der Waals surface area contributed by atoms with E-state index >= 15 is 0 Å². The van der Waals surface area contributed by atoms with Crippen LogP contribution in [0.5, 0.6) is 5.75 Å². The first-order chi connectivity index (χ1) is 15.9. The fourth-order valence-corrected chi connectivity index (χ4v) is 4.09. The van der Waals surface area contributed by atoms with E-state index < -0.39 is 23.1 Å². The predicted molar refractivity (Wildman–Crippen MR) is 120 cm³/mol. The summed E-state index contributed by atoms with van der Waals surface area (Å²) in [6.45, 7) is 0.175. The van der Waals surface area contributed by atoms with E-state index in [1.807, 2.05) is 36.4 Å². The minimum absolute atomic E-state index is 0.0439. The molecule has 2 fully saturated rings. The van der Waals surface area contributed by atoms with E-state index in [4.69, 9.17) is 9.84 Å². The number of hydroxylamine groups is 2. The van der Waals surface area contributed by atoms with Crippen molar-refractivity contribution in [2.45, 2.75) is 31.7 Å². The van der Waals surface area contributed by atoms with Crippen molar-refractivity contribution in [2.75, 3.05) is 20.3 Å². The molecule has 0 spiro atoms. The Labute approximate surface area is 192 Å². The molecular weight excluding hydrogens is 424 g/mol. The number of aliphatic hydroxyl groups excluding tert-OH is 1. The van der Waals surface area contributed by atoms with Gasteiger partial charge in [0.2, 0.25) is 5.91 Å². The van der Waals surface area contributed by atoms with Gasteiger partial charge in [0.25, 0.3) is 5.91 Å². The first kappa shape index (κ1) is 22.9. The topological polar surface area (TPSA) is 116 Å². The average molecular weight is 453 g/mol. The van der Waals surface area contributed by atoms with Crippen LogP contribution in [0.3, 0.4) is 0 Å². The number of ketones is 1. The summed E-state index contributed by atoms with van der Waals surface area (Å²) in [5, 5.41) is 21.8. The maximum atomic E-state index is 13.4. The van der Waals surface area contributed by atoms with Crippen molar-refractivity contribution < 1.29 is 29.4 Å². The molecule has 2 aromatic carbocycles. The van der Waals surface area contributed by atoms with Crippen molar-refractivity contribution in [1.82, 2.24) is 10.4 Å². The third-order valence-electron chi connectivity index (χ3n) is 6.24. The lowest BCUT2D eigenvalue weighted by Gasteiger charge is -2.26. The number of nitrogens with zero attached hydrogens (tertiary/aromatic N) is 1. The van der Waals surface area contributed by atoms with Gasteiger partial charge in [-0.25, -0.2) is 5.06 Å². The highest BCUT2D eigenvalue weighted by molar-refractivity contribution is 6.12. The largest absolute Gasteiger partial charge is 0.491 e. The molecule has 0 bridgehead atoms. The van der Waals surface area contributed by atoms with Crippen LogP contribution in [0.4, 0.5) is 0 Å². The molecular formula is C25H28N2O6. The quantitative estimate of drug-likeness (QED) is 0.221. The van der Waals surface area contributed by atoms with Gasteiger partial charge in [0.15, 0.2) is 5.78 Å². The summed E-state index contributed by atoms with van der Waals surface area (Å²) in [4.78, 5) is 39.0. The first-order valence-electron chi connectivity index (χ1n) is 11.1. The number of hydrogen-bond donors (Lipinski definition) is 3. The van der Waals surface area contributed by atoms with Crippen LogP contribution >= 0.6 is 0 Å². The summed E-state index contributed by atoms with van der Waals surface area (Å²) in [5.74, 6) is -2.10. The van der Waals surface area contributed by atoms with Gasteiger partial charge in [-0.05, 0) is 48.9 Å². The van der Waals surface area contributed by atoms with Crippen LogP contribution in [0.2, 0.25) is 0 Å². The minimum atomic E-state index is -1.24. The third kappa shape index (κ3) is 4.91. The van der Waals surface area contributed by atoms with Gasteiger partial charge in [-0.3, -0.25) is 19.6 Å². The van der Waals surface area contributed by atoms with E-state index in [9.17, 15) is 19.6 Å². The van der Waals surface area contributed by atoms with E-state index in [1.165, 1.54) is 7.05 Å². The zero-order valence-corrected chi connectivity index (χ0v) is 18.5. The Hall–Kier alpha value is -3.23. The molecule has 0 heterocycles. The standard InChI is InChI=1S/C25H28N2O6/c1-27(32)24(31)21(23(30)26-19-8-9-19)25(12-13-25)22(29)18-4-2-16(3-5-18)17-6-10-20(11-7-17)33-15-14-28/h2-7,10-11,19,21,28,32H,8-9,12-15H2,1H3,(H,26,30). The molecule has 8 nitrogen and oxygen atoms in total. The Bertz CT molecular complexity index is 1020. The summed E-state index contributed by atoms with van der Waals surface area (Å²) in [5.41, 5.74) is 1.14. The highest BCUT2D eigenvalue weighted by atomic mass is 16.5. The Morgan fingerprint density at radius 3 is 2.12 bits per heavy atom. The molecule has 0 saturated heterocycles. The van der Waals surface area contributed by atoms with Crippen LogP contribution in [0.15, 0.2) is 48.5 Å². The van der Waals surface area contributed by atoms with Crippen molar-refractivity contribution in [3.8, 4) is 16.9 Å². The number of Topliss-reactive ketones (excluding diaryl/α,β-unsaturated/α-hetero) is 1. The second-order valence-electron chi connectivity index (χ2n) is 8.74. The summed E-state index contributed by atoms with van der Waals surface area (Å²) in [6.07, 6.45) is 2.56. The van der Waals surface area contributed by atoms with Crippen molar-refractivity contribution in [1.29, 1.82) is 0 Å². The van der Waals surface area contributed by atoms with Crippen molar-refractivity contribution in [3.05, 3.63) is 54.1 Å². The molecule has 3 N–H and O–H groups in total. The van der Waals surface area contributed by atoms with Gasteiger partial charge in [0.1, 0.15) is 18.3 Å². The van der Waals surface area contributed by atoms with E-state index in [0.29, 0.717) is 29.2 Å². The normalized spacial score (nSPS) is 17.1. The number of amides is 2. The lowest BCUT2D eigenvalue weighted by molar-refractivity contribution is -0.168. The number of hydrogen-bond acceptors (Lipinski definition) is 6. The van der Waals surface area contributed by atoms with Gasteiger partial charge in [-0.1, -0.05) is 36.4 Å². The molecule has 2 saturated carbocycles. The highest BCUT2D eigenvalue weighted by Gasteiger charge is 2.61. The van der Waals surface area contributed by atoms with E-state index in [-0.39, 0.29) is 25.0 Å². The smallest absolute Gasteiger partial charge is 0.259 e. The molecule has 33 heavy (non-hydrogen) atoms. The van der Waals surface area contributed by atoms with Crippen LogP contribution in [-0.2, 0) is 9.59 Å². The Morgan fingerprint density at radius 1 is 1.06 bits per heavy atom. The van der Waals surface area contributed by atoms with Gasteiger partial charge < -0.3 is 15.2 Å². The molecule has 2 aliphatic rings. The highest BCUT2D eigenvalue weighted by Crippen LogP contribution is 2.55. The molecule has 2 aliphatic carbocycles. The van der Waals surface area contributed by atoms with Gasteiger partial charge in [-0.2, -0.15) is 0 Å². The van der Waals surface area contributed by atoms with Crippen LogP contribution < -0.4 is 10.1 Å². The molecule has 8 heteroatoms. The van der Waals surface area contributed by atoms with Gasteiger partial charge >= 0.3 is 0 Å². The molecule has 1 atom stereocenters. The Kier molecular flexibility index (Phi) is 6.49. The van der Waals surface area contributed by atoms with Gasteiger partial charge in [0.05, 0.1) is 12.0 Å².